The molecule has 11 nitrogen and oxygen atoms in total. The Hall–Kier alpha value is -4.35. The first kappa shape index (κ1) is 19.0. The Morgan fingerprint density at radius 2 is 2.00 bits per heavy atom. The molecule has 0 aliphatic rings. The number of fused-ring (bicyclic) bond motifs is 1. The molecule has 0 aromatic carbocycles. The fourth-order valence-electron chi connectivity index (χ4n) is 2.99. The summed E-state index contributed by atoms with van der Waals surface area (Å²) in [5.74, 6) is 0.255. The number of aryl methyl sites for hydroxylation is 1. The van der Waals surface area contributed by atoms with Crippen molar-refractivity contribution in [1.29, 1.82) is 0 Å². The lowest BCUT2D eigenvalue weighted by Crippen LogP contribution is -2.22. The van der Waals surface area contributed by atoms with Gasteiger partial charge in [-0.2, -0.15) is 9.78 Å². The highest BCUT2D eigenvalue weighted by atomic mass is 19.1. The molecule has 0 bridgehead atoms. The number of imidazole rings is 1. The van der Waals surface area contributed by atoms with Crippen molar-refractivity contribution in [1.82, 2.24) is 29.1 Å². The number of primary amides is 1. The number of hydrogen-bond donors (Lipinski definition) is 3. The van der Waals surface area contributed by atoms with Crippen molar-refractivity contribution in [2.24, 2.45) is 5.73 Å². The molecule has 30 heavy (non-hydrogen) atoms. The van der Waals surface area contributed by atoms with Crippen LogP contribution in [0.5, 0.6) is 0 Å². The summed E-state index contributed by atoms with van der Waals surface area (Å²) < 4.78 is 16.9. The largest absolute Gasteiger partial charge is 0.350 e. The first-order valence-electron chi connectivity index (χ1n) is 8.74. The Morgan fingerprint density at radius 1 is 1.20 bits per heavy atom. The van der Waals surface area contributed by atoms with Gasteiger partial charge in [-0.3, -0.25) is 9.20 Å². The van der Waals surface area contributed by atoms with Crippen LogP contribution in [0, 0.1) is 12.7 Å². The van der Waals surface area contributed by atoms with E-state index in [4.69, 9.17) is 5.73 Å². The quantitative estimate of drug-likeness (QED) is 0.468. The third-order valence-corrected chi connectivity index (χ3v) is 4.09. The van der Waals surface area contributed by atoms with E-state index in [0.29, 0.717) is 17.2 Å². The van der Waals surface area contributed by atoms with E-state index in [1.54, 1.807) is 19.2 Å². The second kappa shape index (κ2) is 7.24. The molecule has 0 spiro atoms. The number of amides is 2. The normalized spacial score (nSPS) is 10.9. The molecular weight excluding hydrogens is 393 g/mol. The Balaban J connectivity index is 1.93. The zero-order chi connectivity index (χ0) is 21.4. The molecule has 4 rings (SSSR count). The first-order chi connectivity index (χ1) is 14.3. The smallest absolute Gasteiger partial charge is 0.341 e. The third-order valence-electron chi connectivity index (χ3n) is 4.09. The molecule has 0 aliphatic heterocycles. The maximum absolute atomic E-state index is 14.4. The summed E-state index contributed by atoms with van der Waals surface area (Å²) in [5.41, 5.74) is 6.12. The average Bonchev–Trinajstić information content (AvgIpc) is 3.26. The third kappa shape index (κ3) is 3.41. The summed E-state index contributed by atoms with van der Waals surface area (Å²) in [7, 11) is 0. The van der Waals surface area contributed by atoms with Crippen molar-refractivity contribution in [3.63, 3.8) is 0 Å². The lowest BCUT2D eigenvalue weighted by Gasteiger charge is -2.10. The maximum Gasteiger partial charge on any atom is 0.341 e. The standard InChI is InChI=1S/C18H16FN9O2/c1-9-22-12(8-13(23-9)24-10(2)29)15-16(25-14-5-6-21-28(14)18(20)30)26-17-11(19)4-3-7-27(15)17/h3-8,25H,1-2H3,(H2,20,30)(H,22,23,24,29). The molecule has 0 saturated carbocycles. The molecule has 4 aromatic rings. The van der Waals surface area contributed by atoms with Gasteiger partial charge in [0.15, 0.2) is 17.3 Å². The summed E-state index contributed by atoms with van der Waals surface area (Å²) in [6.07, 6.45) is 3.00. The zero-order valence-corrected chi connectivity index (χ0v) is 15.9. The van der Waals surface area contributed by atoms with Gasteiger partial charge in [0.25, 0.3) is 0 Å². The molecule has 0 atom stereocenters. The molecule has 0 aliphatic carbocycles. The minimum Gasteiger partial charge on any atom is -0.350 e. The lowest BCUT2D eigenvalue weighted by molar-refractivity contribution is -0.114. The predicted octanol–water partition coefficient (Wildman–Crippen LogP) is 2.06. The molecule has 12 heteroatoms. The van der Waals surface area contributed by atoms with Crippen LogP contribution >= 0.6 is 0 Å². The SMILES string of the molecule is CC(=O)Nc1cc(-c2c(Nc3ccnn3C(N)=O)nc3c(F)cccn23)nc(C)n1. The van der Waals surface area contributed by atoms with Crippen molar-refractivity contribution in [3.8, 4) is 11.4 Å². The lowest BCUT2D eigenvalue weighted by atomic mass is 10.2. The number of nitrogens with zero attached hydrogens (tertiary/aromatic N) is 6. The number of nitrogens with one attached hydrogen (secondary N) is 2. The van der Waals surface area contributed by atoms with Gasteiger partial charge >= 0.3 is 6.03 Å². The highest BCUT2D eigenvalue weighted by Crippen LogP contribution is 2.32. The van der Waals surface area contributed by atoms with Crippen molar-refractivity contribution in [2.45, 2.75) is 13.8 Å². The van der Waals surface area contributed by atoms with Gasteiger partial charge < -0.3 is 16.4 Å². The fourth-order valence-corrected chi connectivity index (χ4v) is 2.99. The minimum absolute atomic E-state index is 0.0393. The second-order valence-electron chi connectivity index (χ2n) is 6.32. The van der Waals surface area contributed by atoms with Crippen LogP contribution in [0.3, 0.4) is 0 Å². The van der Waals surface area contributed by atoms with Crippen molar-refractivity contribution in [3.05, 3.63) is 48.3 Å². The van der Waals surface area contributed by atoms with Crippen LogP contribution in [0.1, 0.15) is 12.7 Å². The van der Waals surface area contributed by atoms with E-state index in [2.05, 4.69) is 30.7 Å². The van der Waals surface area contributed by atoms with Gasteiger partial charge in [-0.05, 0) is 19.1 Å². The molecule has 0 saturated heterocycles. The number of halogens is 1. The summed E-state index contributed by atoms with van der Waals surface area (Å²) >= 11 is 0. The Labute approximate surface area is 168 Å². The maximum atomic E-state index is 14.4. The van der Waals surface area contributed by atoms with Gasteiger partial charge in [0.1, 0.15) is 23.2 Å². The van der Waals surface area contributed by atoms with E-state index < -0.39 is 11.8 Å². The van der Waals surface area contributed by atoms with Crippen LogP contribution in [-0.4, -0.2) is 41.1 Å². The molecule has 4 N–H and O–H groups in total. The van der Waals surface area contributed by atoms with Crippen LogP contribution in [-0.2, 0) is 4.79 Å². The Morgan fingerprint density at radius 3 is 2.73 bits per heavy atom. The summed E-state index contributed by atoms with van der Waals surface area (Å²) in [4.78, 5) is 36.0. The topological polar surface area (TPSA) is 145 Å². The van der Waals surface area contributed by atoms with Crippen LogP contribution in [0.4, 0.5) is 26.6 Å². The van der Waals surface area contributed by atoms with E-state index >= 15 is 0 Å². The van der Waals surface area contributed by atoms with Crippen LogP contribution in [0.15, 0.2) is 36.7 Å². The molecule has 4 aromatic heterocycles. The number of rotatable bonds is 4. The van der Waals surface area contributed by atoms with Crippen LogP contribution in [0.25, 0.3) is 17.0 Å². The van der Waals surface area contributed by atoms with Crippen LogP contribution in [0.2, 0.25) is 0 Å². The fraction of sp³-hybridized carbons (Fsp3) is 0.111. The number of hydrogen-bond acceptors (Lipinski definition) is 7. The van der Waals surface area contributed by atoms with Gasteiger partial charge in [0.2, 0.25) is 5.91 Å². The van der Waals surface area contributed by atoms with E-state index in [1.807, 2.05) is 0 Å². The molecule has 0 fully saturated rings. The van der Waals surface area contributed by atoms with Gasteiger partial charge in [-0.1, -0.05) is 0 Å². The number of pyridine rings is 1. The van der Waals surface area contributed by atoms with E-state index in [1.165, 1.54) is 35.7 Å². The summed E-state index contributed by atoms with van der Waals surface area (Å²) in [6, 6.07) is 5.05. The highest BCUT2D eigenvalue weighted by Gasteiger charge is 2.21. The molecule has 4 heterocycles. The van der Waals surface area contributed by atoms with Crippen molar-refractivity contribution >= 4 is 35.0 Å². The van der Waals surface area contributed by atoms with E-state index in [9.17, 15) is 14.0 Å². The van der Waals surface area contributed by atoms with Gasteiger partial charge in [-0.25, -0.2) is 24.1 Å². The van der Waals surface area contributed by atoms with Gasteiger partial charge in [-0.15, -0.1) is 0 Å². The Kier molecular flexibility index (Phi) is 4.58. The second-order valence-corrected chi connectivity index (χ2v) is 6.32. The number of anilines is 3. The van der Waals surface area contributed by atoms with Gasteiger partial charge in [0, 0.05) is 25.3 Å². The van der Waals surface area contributed by atoms with E-state index in [0.717, 1.165) is 4.68 Å². The average molecular weight is 409 g/mol. The summed E-state index contributed by atoms with van der Waals surface area (Å²) in [6.45, 7) is 3.02. The molecule has 152 valence electrons. The zero-order valence-electron chi connectivity index (χ0n) is 15.9. The molecule has 0 unspecified atom stereocenters. The number of carbonyl (C=O) groups excluding carboxylic acids is 2. The number of nitrogens with two attached hydrogens (primary N) is 1. The van der Waals surface area contributed by atoms with Crippen LogP contribution < -0.4 is 16.4 Å². The summed E-state index contributed by atoms with van der Waals surface area (Å²) in [5, 5.41) is 9.40. The Bertz CT molecular complexity index is 1290. The van der Waals surface area contributed by atoms with Crippen molar-refractivity contribution < 1.29 is 14.0 Å². The first-order valence-corrected chi connectivity index (χ1v) is 8.74. The predicted molar refractivity (Wildman–Crippen MR) is 106 cm³/mol. The minimum atomic E-state index is -0.801. The highest BCUT2D eigenvalue weighted by molar-refractivity contribution is 5.89. The monoisotopic (exact) mass is 409 g/mol. The number of aromatic nitrogens is 6. The van der Waals surface area contributed by atoms with Crippen molar-refractivity contribution in [2.75, 3.05) is 10.6 Å². The van der Waals surface area contributed by atoms with Gasteiger partial charge in [0.05, 0.1) is 11.9 Å². The molecule has 2 amide bonds. The molecular formula is C18H16FN9O2. The molecule has 0 radical (unpaired) electrons. The van der Waals surface area contributed by atoms with E-state index in [-0.39, 0.29) is 29.0 Å². The number of carbonyl (C=O) groups is 2.